The summed E-state index contributed by atoms with van der Waals surface area (Å²) in [5, 5.41) is 11.7. The van der Waals surface area contributed by atoms with Crippen LogP contribution in [0.5, 0.6) is 0 Å². The molecule has 0 radical (unpaired) electrons. The van der Waals surface area contributed by atoms with Crippen molar-refractivity contribution in [3.8, 4) is 0 Å². The summed E-state index contributed by atoms with van der Waals surface area (Å²) < 4.78 is 0. The van der Waals surface area contributed by atoms with Crippen LogP contribution in [0.25, 0.3) is 0 Å². The number of hydrogen-bond acceptors (Lipinski definition) is 3. The van der Waals surface area contributed by atoms with Crippen LogP contribution in [0.15, 0.2) is 0 Å². The summed E-state index contributed by atoms with van der Waals surface area (Å²) in [5.41, 5.74) is 5.61. The number of carbonyl (C=O) groups is 1. The number of amides is 1. The summed E-state index contributed by atoms with van der Waals surface area (Å²) in [5.74, 6) is -0.0857. The second kappa shape index (κ2) is 7.76. The molecule has 2 unspecified atom stereocenters. The van der Waals surface area contributed by atoms with Gasteiger partial charge in [-0.25, -0.2) is 0 Å². The van der Waals surface area contributed by atoms with Gasteiger partial charge in [0.05, 0.1) is 12.1 Å². The lowest BCUT2D eigenvalue weighted by molar-refractivity contribution is -0.122. The lowest BCUT2D eigenvalue weighted by Gasteiger charge is -2.11. The molecule has 4 heteroatoms. The first-order chi connectivity index (χ1) is 6.57. The van der Waals surface area contributed by atoms with E-state index in [0.29, 0.717) is 13.0 Å². The maximum absolute atomic E-state index is 11.3. The molecule has 0 bridgehead atoms. The van der Waals surface area contributed by atoms with Gasteiger partial charge in [0, 0.05) is 6.54 Å². The molecule has 0 saturated carbocycles. The van der Waals surface area contributed by atoms with E-state index in [9.17, 15) is 4.79 Å². The Morgan fingerprint density at radius 1 is 1.50 bits per heavy atom. The van der Waals surface area contributed by atoms with Crippen LogP contribution in [0, 0.1) is 0 Å². The number of carbonyl (C=O) groups excluding carboxylic acids is 1. The van der Waals surface area contributed by atoms with Crippen LogP contribution in [0.3, 0.4) is 0 Å². The van der Waals surface area contributed by atoms with Crippen molar-refractivity contribution in [1.82, 2.24) is 5.32 Å². The van der Waals surface area contributed by atoms with E-state index in [4.69, 9.17) is 10.8 Å². The number of rotatable bonds is 7. The molecule has 0 aliphatic rings. The quantitative estimate of drug-likeness (QED) is 0.523. The van der Waals surface area contributed by atoms with Crippen molar-refractivity contribution < 1.29 is 9.90 Å². The van der Waals surface area contributed by atoms with Crippen molar-refractivity contribution in [2.75, 3.05) is 6.54 Å². The van der Waals surface area contributed by atoms with Crippen molar-refractivity contribution >= 4 is 5.91 Å². The van der Waals surface area contributed by atoms with E-state index in [1.807, 2.05) is 6.92 Å². The first-order valence-corrected chi connectivity index (χ1v) is 5.29. The molecule has 0 aromatic carbocycles. The zero-order valence-corrected chi connectivity index (χ0v) is 9.12. The Morgan fingerprint density at radius 2 is 2.14 bits per heavy atom. The molecular weight excluding hydrogens is 180 g/mol. The third-order valence-corrected chi connectivity index (χ3v) is 2.03. The molecule has 0 aliphatic heterocycles. The third-order valence-electron chi connectivity index (χ3n) is 2.03. The van der Waals surface area contributed by atoms with E-state index in [1.165, 1.54) is 0 Å². The highest BCUT2D eigenvalue weighted by molar-refractivity contribution is 5.81. The molecule has 0 aromatic heterocycles. The number of aliphatic hydroxyl groups is 1. The van der Waals surface area contributed by atoms with E-state index >= 15 is 0 Å². The van der Waals surface area contributed by atoms with Crippen LogP contribution >= 0.6 is 0 Å². The molecular formula is C10H22N2O2. The summed E-state index contributed by atoms with van der Waals surface area (Å²) in [6, 6.07) is -0.383. The number of hydrogen-bond donors (Lipinski definition) is 3. The summed E-state index contributed by atoms with van der Waals surface area (Å²) in [7, 11) is 0. The van der Waals surface area contributed by atoms with Gasteiger partial charge in [-0.2, -0.15) is 0 Å². The Labute approximate surface area is 85.9 Å². The van der Waals surface area contributed by atoms with E-state index < -0.39 is 0 Å². The molecule has 0 aliphatic carbocycles. The van der Waals surface area contributed by atoms with Crippen LogP contribution in [0.1, 0.15) is 39.5 Å². The maximum Gasteiger partial charge on any atom is 0.236 e. The SMILES string of the molecule is CCCC(N)C(=O)NCCCC(C)O. The molecule has 0 rings (SSSR count). The van der Waals surface area contributed by atoms with Crippen LogP contribution in [-0.4, -0.2) is 29.7 Å². The smallest absolute Gasteiger partial charge is 0.236 e. The Morgan fingerprint density at radius 3 is 2.64 bits per heavy atom. The topological polar surface area (TPSA) is 75.4 Å². The monoisotopic (exact) mass is 202 g/mol. The highest BCUT2D eigenvalue weighted by Gasteiger charge is 2.10. The number of nitrogens with one attached hydrogen (secondary N) is 1. The molecule has 0 saturated heterocycles. The molecule has 4 N–H and O–H groups in total. The predicted octanol–water partition coefficient (Wildman–Crippen LogP) is 0.391. The van der Waals surface area contributed by atoms with Crippen molar-refractivity contribution in [3.63, 3.8) is 0 Å². The summed E-state index contributed by atoms with van der Waals surface area (Å²) >= 11 is 0. The van der Waals surface area contributed by atoms with Crippen molar-refractivity contribution in [2.45, 2.75) is 51.7 Å². The van der Waals surface area contributed by atoms with Gasteiger partial charge in [-0.15, -0.1) is 0 Å². The van der Waals surface area contributed by atoms with Gasteiger partial charge in [0.2, 0.25) is 5.91 Å². The second-order valence-electron chi connectivity index (χ2n) is 3.68. The zero-order chi connectivity index (χ0) is 11.0. The highest BCUT2D eigenvalue weighted by atomic mass is 16.3. The summed E-state index contributed by atoms with van der Waals surface area (Å²) in [6.07, 6.45) is 2.85. The van der Waals surface area contributed by atoms with Gasteiger partial charge in [0.15, 0.2) is 0 Å². The van der Waals surface area contributed by atoms with Gasteiger partial charge in [-0.3, -0.25) is 4.79 Å². The lowest BCUT2D eigenvalue weighted by atomic mass is 10.1. The van der Waals surface area contributed by atoms with E-state index in [0.717, 1.165) is 19.3 Å². The van der Waals surface area contributed by atoms with Gasteiger partial charge < -0.3 is 16.2 Å². The number of aliphatic hydroxyl groups excluding tert-OH is 1. The Hall–Kier alpha value is -0.610. The fourth-order valence-electron chi connectivity index (χ4n) is 1.18. The minimum atomic E-state index is -0.383. The molecule has 0 heterocycles. The maximum atomic E-state index is 11.3. The van der Waals surface area contributed by atoms with Crippen LogP contribution in [-0.2, 0) is 4.79 Å². The largest absolute Gasteiger partial charge is 0.393 e. The zero-order valence-electron chi connectivity index (χ0n) is 9.12. The molecule has 1 amide bonds. The Bertz CT molecular complexity index is 160. The fraction of sp³-hybridized carbons (Fsp3) is 0.900. The number of nitrogens with two attached hydrogens (primary N) is 1. The highest BCUT2D eigenvalue weighted by Crippen LogP contribution is 1.95. The summed E-state index contributed by atoms with van der Waals surface area (Å²) in [6.45, 7) is 4.34. The normalized spacial score (nSPS) is 14.9. The molecule has 0 spiro atoms. The van der Waals surface area contributed by atoms with Gasteiger partial charge in [0.1, 0.15) is 0 Å². The standard InChI is InChI=1S/C10H22N2O2/c1-3-5-9(11)10(14)12-7-4-6-8(2)13/h8-9,13H,3-7,11H2,1-2H3,(H,12,14). The van der Waals surface area contributed by atoms with E-state index in [-0.39, 0.29) is 18.1 Å². The first-order valence-electron chi connectivity index (χ1n) is 5.29. The average Bonchev–Trinajstić information content (AvgIpc) is 2.12. The summed E-state index contributed by atoms with van der Waals surface area (Å²) in [4.78, 5) is 11.3. The van der Waals surface area contributed by atoms with E-state index in [2.05, 4.69) is 5.32 Å². The molecule has 0 aromatic rings. The van der Waals surface area contributed by atoms with Gasteiger partial charge in [-0.05, 0) is 26.2 Å². The molecule has 0 fully saturated rings. The average molecular weight is 202 g/mol. The van der Waals surface area contributed by atoms with Crippen molar-refractivity contribution in [2.24, 2.45) is 5.73 Å². The third kappa shape index (κ3) is 6.86. The molecule has 84 valence electrons. The van der Waals surface area contributed by atoms with Crippen molar-refractivity contribution in [1.29, 1.82) is 0 Å². The molecule has 14 heavy (non-hydrogen) atoms. The van der Waals surface area contributed by atoms with Gasteiger partial charge in [0.25, 0.3) is 0 Å². The second-order valence-corrected chi connectivity index (χ2v) is 3.68. The Kier molecular flexibility index (Phi) is 7.42. The minimum Gasteiger partial charge on any atom is -0.393 e. The van der Waals surface area contributed by atoms with Crippen LogP contribution in [0.2, 0.25) is 0 Å². The van der Waals surface area contributed by atoms with Gasteiger partial charge in [-0.1, -0.05) is 13.3 Å². The van der Waals surface area contributed by atoms with Crippen LogP contribution in [0.4, 0.5) is 0 Å². The van der Waals surface area contributed by atoms with Crippen LogP contribution < -0.4 is 11.1 Å². The van der Waals surface area contributed by atoms with E-state index in [1.54, 1.807) is 6.92 Å². The Balaban J connectivity index is 3.44. The first kappa shape index (κ1) is 13.4. The lowest BCUT2D eigenvalue weighted by Crippen LogP contribution is -2.40. The molecule has 4 nitrogen and oxygen atoms in total. The van der Waals surface area contributed by atoms with Crippen molar-refractivity contribution in [3.05, 3.63) is 0 Å². The molecule has 2 atom stereocenters. The minimum absolute atomic E-state index is 0.0857. The fourth-order valence-corrected chi connectivity index (χ4v) is 1.18. The van der Waals surface area contributed by atoms with Gasteiger partial charge >= 0.3 is 0 Å². The predicted molar refractivity (Wildman–Crippen MR) is 56.8 cm³/mol.